The summed E-state index contributed by atoms with van der Waals surface area (Å²) in [6.07, 6.45) is 2.40. The van der Waals surface area contributed by atoms with Crippen LogP contribution in [0.2, 0.25) is 0 Å². The summed E-state index contributed by atoms with van der Waals surface area (Å²) in [7, 11) is 2.04. The van der Waals surface area contributed by atoms with Gasteiger partial charge in [0.05, 0.1) is 0 Å². The first kappa shape index (κ1) is 14.2. The number of nitrogens with one attached hydrogen (secondary N) is 1. The topological polar surface area (TPSA) is 12.0 Å². The van der Waals surface area contributed by atoms with Crippen LogP contribution < -0.4 is 5.32 Å². The van der Waals surface area contributed by atoms with E-state index in [4.69, 9.17) is 0 Å². The lowest BCUT2D eigenvalue weighted by atomic mass is 9.89. The van der Waals surface area contributed by atoms with E-state index in [1.54, 1.807) is 0 Å². The summed E-state index contributed by atoms with van der Waals surface area (Å²) in [4.78, 5) is 0. The summed E-state index contributed by atoms with van der Waals surface area (Å²) in [6, 6.07) is 6.90. The molecule has 90 valence electrons. The second-order valence-corrected chi connectivity index (χ2v) is 5.88. The van der Waals surface area contributed by atoms with Gasteiger partial charge in [0.15, 0.2) is 0 Å². The highest BCUT2D eigenvalue weighted by atomic mass is 79.9. The average Bonchev–Trinajstić information content (AvgIpc) is 2.24. The van der Waals surface area contributed by atoms with E-state index in [0.29, 0.717) is 12.0 Å². The minimum atomic E-state index is 0.434. The van der Waals surface area contributed by atoms with Crippen LogP contribution in [0.5, 0.6) is 0 Å². The average molecular weight is 349 g/mol. The zero-order valence-electron chi connectivity index (χ0n) is 10.1. The molecule has 1 nitrogen and oxygen atoms in total. The van der Waals surface area contributed by atoms with Gasteiger partial charge in [-0.05, 0) is 36.7 Å². The van der Waals surface area contributed by atoms with Gasteiger partial charge in [-0.15, -0.1) is 0 Å². The van der Waals surface area contributed by atoms with Crippen molar-refractivity contribution in [2.45, 2.75) is 32.7 Å². The van der Waals surface area contributed by atoms with E-state index in [-0.39, 0.29) is 0 Å². The Morgan fingerprint density at radius 1 is 1.06 bits per heavy atom. The van der Waals surface area contributed by atoms with Crippen molar-refractivity contribution >= 4 is 31.9 Å². The quantitative estimate of drug-likeness (QED) is 0.797. The molecule has 0 aliphatic rings. The minimum Gasteiger partial charge on any atom is -0.313 e. The molecule has 0 fully saturated rings. The van der Waals surface area contributed by atoms with E-state index >= 15 is 0 Å². The van der Waals surface area contributed by atoms with E-state index < -0.39 is 0 Å². The normalized spacial score (nSPS) is 13.1. The third kappa shape index (κ3) is 3.57. The Labute approximate surface area is 115 Å². The molecule has 0 spiro atoms. The summed E-state index contributed by atoms with van der Waals surface area (Å²) in [5, 5.41) is 3.43. The van der Waals surface area contributed by atoms with Crippen molar-refractivity contribution in [3.8, 4) is 0 Å². The van der Waals surface area contributed by atoms with Crippen molar-refractivity contribution < 1.29 is 0 Å². The smallest absolute Gasteiger partial charge is 0.0346 e. The lowest BCUT2D eigenvalue weighted by Crippen LogP contribution is -2.24. The SMILES string of the molecule is CCC(CC)C(NC)c1cc(Br)cc(Br)c1. The van der Waals surface area contributed by atoms with E-state index in [2.05, 4.69) is 69.2 Å². The van der Waals surface area contributed by atoms with Gasteiger partial charge in [-0.2, -0.15) is 0 Å². The monoisotopic (exact) mass is 347 g/mol. The first-order chi connectivity index (χ1) is 7.62. The number of benzene rings is 1. The Bertz CT molecular complexity index is 314. The fourth-order valence-electron chi connectivity index (χ4n) is 2.19. The van der Waals surface area contributed by atoms with Gasteiger partial charge in [0, 0.05) is 15.0 Å². The predicted octanol–water partition coefficient (Wildman–Crippen LogP) is 4.91. The van der Waals surface area contributed by atoms with Gasteiger partial charge >= 0.3 is 0 Å². The molecule has 3 heteroatoms. The van der Waals surface area contributed by atoms with Gasteiger partial charge in [-0.3, -0.25) is 0 Å². The molecule has 0 saturated carbocycles. The zero-order chi connectivity index (χ0) is 12.1. The Hall–Kier alpha value is 0.140. The van der Waals surface area contributed by atoms with E-state index in [1.807, 2.05) is 7.05 Å². The molecule has 0 amide bonds. The number of hydrogen-bond acceptors (Lipinski definition) is 1. The summed E-state index contributed by atoms with van der Waals surface area (Å²) >= 11 is 7.09. The van der Waals surface area contributed by atoms with Crippen LogP contribution in [0, 0.1) is 5.92 Å². The van der Waals surface area contributed by atoms with Gasteiger partial charge in [-0.1, -0.05) is 58.5 Å². The van der Waals surface area contributed by atoms with Gasteiger partial charge < -0.3 is 5.32 Å². The molecule has 1 rings (SSSR count). The lowest BCUT2D eigenvalue weighted by Gasteiger charge is -2.25. The van der Waals surface area contributed by atoms with Crippen molar-refractivity contribution in [3.05, 3.63) is 32.7 Å². The largest absolute Gasteiger partial charge is 0.313 e. The summed E-state index contributed by atoms with van der Waals surface area (Å²) in [5.74, 6) is 0.686. The molecule has 1 atom stereocenters. The number of hydrogen-bond donors (Lipinski definition) is 1. The molecule has 0 aromatic heterocycles. The van der Waals surface area contributed by atoms with Crippen LogP contribution in [0.25, 0.3) is 0 Å². The van der Waals surface area contributed by atoms with Gasteiger partial charge in [-0.25, -0.2) is 0 Å². The molecular weight excluding hydrogens is 330 g/mol. The van der Waals surface area contributed by atoms with Crippen LogP contribution in [0.4, 0.5) is 0 Å². The molecular formula is C13H19Br2N. The van der Waals surface area contributed by atoms with Crippen molar-refractivity contribution in [2.24, 2.45) is 5.92 Å². The van der Waals surface area contributed by atoms with Gasteiger partial charge in [0.25, 0.3) is 0 Å². The molecule has 0 aliphatic heterocycles. The van der Waals surface area contributed by atoms with Crippen LogP contribution in [0.3, 0.4) is 0 Å². The number of halogens is 2. The summed E-state index contributed by atoms with van der Waals surface area (Å²) < 4.78 is 2.26. The van der Waals surface area contributed by atoms with Crippen LogP contribution in [-0.4, -0.2) is 7.05 Å². The molecule has 1 aromatic rings. The Kier molecular flexibility index (Phi) is 6.01. The molecule has 0 aliphatic carbocycles. The van der Waals surface area contributed by atoms with Crippen molar-refractivity contribution in [2.75, 3.05) is 7.05 Å². The molecule has 0 saturated heterocycles. The lowest BCUT2D eigenvalue weighted by molar-refractivity contribution is 0.359. The first-order valence-electron chi connectivity index (χ1n) is 5.75. The third-order valence-corrected chi connectivity index (χ3v) is 3.99. The fraction of sp³-hybridized carbons (Fsp3) is 0.538. The van der Waals surface area contributed by atoms with Crippen LogP contribution >= 0.6 is 31.9 Å². The van der Waals surface area contributed by atoms with Gasteiger partial charge in [0.1, 0.15) is 0 Å². The fourth-order valence-corrected chi connectivity index (χ4v) is 3.52. The predicted molar refractivity (Wildman–Crippen MR) is 77.7 cm³/mol. The molecule has 0 bridgehead atoms. The maximum atomic E-state index is 3.55. The molecule has 0 radical (unpaired) electrons. The molecule has 1 unspecified atom stereocenters. The first-order valence-corrected chi connectivity index (χ1v) is 7.34. The molecule has 0 heterocycles. The third-order valence-electron chi connectivity index (χ3n) is 3.08. The van der Waals surface area contributed by atoms with Crippen molar-refractivity contribution in [1.29, 1.82) is 0 Å². The summed E-state index contributed by atoms with van der Waals surface area (Å²) in [5.41, 5.74) is 1.34. The highest BCUT2D eigenvalue weighted by molar-refractivity contribution is 9.11. The van der Waals surface area contributed by atoms with Crippen LogP contribution in [0.15, 0.2) is 27.1 Å². The Morgan fingerprint density at radius 3 is 1.94 bits per heavy atom. The zero-order valence-corrected chi connectivity index (χ0v) is 13.2. The maximum Gasteiger partial charge on any atom is 0.0346 e. The summed E-state index contributed by atoms with van der Waals surface area (Å²) in [6.45, 7) is 4.51. The van der Waals surface area contributed by atoms with Gasteiger partial charge in [0.2, 0.25) is 0 Å². The van der Waals surface area contributed by atoms with Crippen LogP contribution in [0.1, 0.15) is 38.3 Å². The standard InChI is InChI=1S/C13H19Br2N/c1-4-9(5-2)13(16-3)10-6-11(14)8-12(15)7-10/h6-9,13,16H,4-5H2,1-3H3. The van der Waals surface area contributed by atoms with Crippen molar-refractivity contribution in [3.63, 3.8) is 0 Å². The van der Waals surface area contributed by atoms with E-state index in [9.17, 15) is 0 Å². The Balaban J connectivity index is 3.02. The maximum absolute atomic E-state index is 3.55. The second kappa shape index (κ2) is 6.77. The molecule has 16 heavy (non-hydrogen) atoms. The van der Waals surface area contributed by atoms with E-state index in [1.165, 1.54) is 18.4 Å². The molecule has 1 aromatic carbocycles. The van der Waals surface area contributed by atoms with Crippen LogP contribution in [-0.2, 0) is 0 Å². The van der Waals surface area contributed by atoms with E-state index in [0.717, 1.165) is 8.95 Å². The second-order valence-electron chi connectivity index (χ2n) is 4.05. The van der Waals surface area contributed by atoms with Crippen molar-refractivity contribution in [1.82, 2.24) is 5.32 Å². The highest BCUT2D eigenvalue weighted by Gasteiger charge is 2.19. The molecule has 1 N–H and O–H groups in total. The minimum absolute atomic E-state index is 0.434. The highest BCUT2D eigenvalue weighted by Crippen LogP contribution is 2.31. The Morgan fingerprint density at radius 2 is 1.56 bits per heavy atom. The number of rotatable bonds is 5.